The smallest absolute Gasteiger partial charge is 0.262 e. The lowest BCUT2D eigenvalue weighted by molar-refractivity contribution is -0.118. The van der Waals surface area contributed by atoms with Crippen LogP contribution >= 0.6 is 0 Å². The molecule has 0 radical (unpaired) electrons. The topological polar surface area (TPSA) is 77.2 Å². The number of ether oxygens (including phenoxy) is 1. The van der Waals surface area contributed by atoms with Gasteiger partial charge in [-0.3, -0.25) is 4.79 Å². The van der Waals surface area contributed by atoms with Gasteiger partial charge < -0.3 is 14.5 Å². The van der Waals surface area contributed by atoms with Gasteiger partial charge in [0, 0.05) is 17.4 Å². The molecular formula is C23H21N3O3. The molecule has 2 heterocycles. The van der Waals surface area contributed by atoms with Gasteiger partial charge in [0.2, 0.25) is 5.89 Å². The summed E-state index contributed by atoms with van der Waals surface area (Å²) in [5.41, 5.74) is 3.79. The van der Waals surface area contributed by atoms with Crippen molar-refractivity contribution in [2.24, 2.45) is 0 Å². The number of carbonyl (C=O) groups is 1. The molecule has 6 nitrogen and oxygen atoms in total. The van der Waals surface area contributed by atoms with Crippen molar-refractivity contribution in [3.63, 3.8) is 0 Å². The van der Waals surface area contributed by atoms with E-state index in [1.54, 1.807) is 24.4 Å². The number of amides is 1. The van der Waals surface area contributed by atoms with Crippen LogP contribution in [0.2, 0.25) is 0 Å². The number of aromatic nitrogens is 2. The molecule has 0 aliphatic carbocycles. The summed E-state index contributed by atoms with van der Waals surface area (Å²) in [6, 6.07) is 18.7. The Morgan fingerprint density at radius 2 is 1.93 bits per heavy atom. The zero-order chi connectivity index (χ0) is 20.2. The largest absolute Gasteiger partial charge is 0.484 e. The van der Waals surface area contributed by atoms with Gasteiger partial charge in [-0.05, 0) is 53.9 Å². The van der Waals surface area contributed by atoms with E-state index >= 15 is 0 Å². The average molecular weight is 387 g/mol. The van der Waals surface area contributed by atoms with Gasteiger partial charge in [0.15, 0.2) is 17.8 Å². The molecule has 146 valence electrons. The lowest BCUT2D eigenvalue weighted by Crippen LogP contribution is -2.20. The number of pyridine rings is 1. The fourth-order valence-corrected chi connectivity index (χ4v) is 2.92. The lowest BCUT2D eigenvalue weighted by atomic mass is 10.0. The summed E-state index contributed by atoms with van der Waals surface area (Å²) in [6.45, 7) is 4.20. The number of hydrogen-bond acceptors (Lipinski definition) is 5. The third kappa shape index (κ3) is 4.43. The third-order valence-electron chi connectivity index (χ3n) is 4.47. The minimum absolute atomic E-state index is 0.0714. The minimum atomic E-state index is -0.241. The van der Waals surface area contributed by atoms with E-state index in [0.29, 0.717) is 34.5 Å². The molecule has 0 atom stereocenters. The van der Waals surface area contributed by atoms with Crippen molar-refractivity contribution in [3.05, 3.63) is 72.4 Å². The molecule has 0 saturated heterocycles. The maximum absolute atomic E-state index is 12.3. The normalized spacial score (nSPS) is 11.0. The average Bonchev–Trinajstić information content (AvgIpc) is 3.17. The summed E-state index contributed by atoms with van der Waals surface area (Å²) >= 11 is 0. The lowest BCUT2D eigenvalue weighted by Gasteiger charge is -2.10. The highest BCUT2D eigenvalue weighted by Crippen LogP contribution is 2.25. The van der Waals surface area contributed by atoms with Crippen molar-refractivity contribution in [1.29, 1.82) is 0 Å². The number of carbonyl (C=O) groups excluding carboxylic acids is 1. The van der Waals surface area contributed by atoms with E-state index in [-0.39, 0.29) is 12.5 Å². The summed E-state index contributed by atoms with van der Waals surface area (Å²) in [7, 11) is 0. The molecule has 2 aromatic carbocycles. The van der Waals surface area contributed by atoms with Gasteiger partial charge in [-0.2, -0.15) is 4.98 Å². The highest BCUT2D eigenvalue weighted by Gasteiger charge is 2.10. The van der Waals surface area contributed by atoms with E-state index < -0.39 is 0 Å². The van der Waals surface area contributed by atoms with E-state index in [2.05, 4.69) is 29.1 Å². The molecule has 4 rings (SSSR count). The molecule has 0 fully saturated rings. The molecule has 0 bridgehead atoms. The monoisotopic (exact) mass is 387 g/mol. The van der Waals surface area contributed by atoms with Crippen LogP contribution in [0.3, 0.4) is 0 Å². The molecule has 0 unspecified atom stereocenters. The molecule has 4 aromatic rings. The van der Waals surface area contributed by atoms with Crippen molar-refractivity contribution in [2.75, 3.05) is 11.9 Å². The Morgan fingerprint density at radius 3 is 2.69 bits per heavy atom. The number of nitrogens with zero attached hydrogens (tertiary/aromatic N) is 2. The minimum Gasteiger partial charge on any atom is -0.484 e. The number of rotatable bonds is 6. The van der Waals surface area contributed by atoms with Crippen molar-refractivity contribution >= 4 is 22.8 Å². The Labute approximate surface area is 168 Å². The van der Waals surface area contributed by atoms with Gasteiger partial charge >= 0.3 is 0 Å². The number of fused-ring (bicyclic) bond motifs is 1. The zero-order valence-electron chi connectivity index (χ0n) is 16.3. The predicted octanol–water partition coefficient (Wildman–Crippen LogP) is 5.03. The Hall–Kier alpha value is -3.67. The van der Waals surface area contributed by atoms with E-state index in [1.807, 2.05) is 42.5 Å². The van der Waals surface area contributed by atoms with Gasteiger partial charge in [0.05, 0.1) is 0 Å². The summed E-state index contributed by atoms with van der Waals surface area (Å²) < 4.78 is 11.3. The zero-order valence-corrected chi connectivity index (χ0v) is 16.3. The Balaban J connectivity index is 1.40. The molecule has 6 heteroatoms. The first-order valence-electron chi connectivity index (χ1n) is 9.43. The van der Waals surface area contributed by atoms with Crippen LogP contribution < -0.4 is 10.1 Å². The van der Waals surface area contributed by atoms with Crippen LogP contribution in [0.5, 0.6) is 5.75 Å². The van der Waals surface area contributed by atoms with Crippen LogP contribution in [0.1, 0.15) is 25.3 Å². The van der Waals surface area contributed by atoms with Crippen LogP contribution in [0.25, 0.3) is 22.7 Å². The first kappa shape index (κ1) is 18.7. The summed E-state index contributed by atoms with van der Waals surface area (Å²) in [4.78, 5) is 20.8. The van der Waals surface area contributed by atoms with Crippen molar-refractivity contribution in [1.82, 2.24) is 9.97 Å². The first-order valence-corrected chi connectivity index (χ1v) is 9.43. The molecular weight excluding hydrogens is 366 g/mol. The standard InChI is InChI=1S/C23H21N3O3/c1-15(2)16-8-10-19(11-9-16)28-14-21(27)25-18-6-3-5-17(13-18)23-26-22-20(29-23)7-4-12-24-22/h3-13,15H,14H2,1-2H3,(H,25,27). The molecule has 1 amide bonds. The predicted molar refractivity (Wildman–Crippen MR) is 112 cm³/mol. The van der Waals surface area contributed by atoms with Crippen LogP contribution in [0.4, 0.5) is 5.69 Å². The number of anilines is 1. The fraction of sp³-hybridized carbons (Fsp3) is 0.174. The van der Waals surface area contributed by atoms with E-state index in [0.717, 1.165) is 5.56 Å². The molecule has 0 aliphatic heterocycles. The second-order valence-electron chi connectivity index (χ2n) is 6.99. The molecule has 2 aromatic heterocycles. The van der Waals surface area contributed by atoms with Crippen molar-refractivity contribution in [3.8, 4) is 17.2 Å². The maximum Gasteiger partial charge on any atom is 0.262 e. The third-order valence-corrected chi connectivity index (χ3v) is 4.47. The van der Waals surface area contributed by atoms with Gasteiger partial charge in [-0.15, -0.1) is 0 Å². The number of benzene rings is 2. The van der Waals surface area contributed by atoms with Crippen LogP contribution in [-0.2, 0) is 4.79 Å². The maximum atomic E-state index is 12.3. The van der Waals surface area contributed by atoms with E-state index in [4.69, 9.17) is 9.15 Å². The summed E-state index contributed by atoms with van der Waals surface area (Å²) in [6.07, 6.45) is 1.67. The molecule has 29 heavy (non-hydrogen) atoms. The molecule has 0 spiro atoms. The van der Waals surface area contributed by atoms with Crippen molar-refractivity contribution < 1.29 is 13.9 Å². The van der Waals surface area contributed by atoms with Gasteiger partial charge in [0.1, 0.15) is 5.75 Å². The Kier molecular flexibility index (Phi) is 5.24. The quantitative estimate of drug-likeness (QED) is 0.502. The Bertz CT molecular complexity index is 1100. The first-order chi connectivity index (χ1) is 14.1. The van der Waals surface area contributed by atoms with Crippen LogP contribution in [-0.4, -0.2) is 22.5 Å². The number of nitrogens with one attached hydrogen (secondary N) is 1. The summed E-state index contributed by atoms with van der Waals surface area (Å²) in [5, 5.41) is 2.84. The van der Waals surface area contributed by atoms with Gasteiger partial charge in [-0.1, -0.05) is 32.0 Å². The van der Waals surface area contributed by atoms with Gasteiger partial charge in [-0.25, -0.2) is 4.98 Å². The summed E-state index contributed by atoms with van der Waals surface area (Å²) in [5.74, 6) is 1.33. The number of oxazole rings is 1. The molecule has 1 N–H and O–H groups in total. The van der Waals surface area contributed by atoms with Crippen LogP contribution in [0, 0.1) is 0 Å². The molecule has 0 saturated carbocycles. The highest BCUT2D eigenvalue weighted by molar-refractivity contribution is 5.92. The Morgan fingerprint density at radius 1 is 1.10 bits per heavy atom. The van der Waals surface area contributed by atoms with Gasteiger partial charge in [0.25, 0.3) is 5.91 Å². The van der Waals surface area contributed by atoms with Crippen molar-refractivity contribution in [2.45, 2.75) is 19.8 Å². The van der Waals surface area contributed by atoms with E-state index in [1.165, 1.54) is 5.56 Å². The fourth-order valence-electron chi connectivity index (χ4n) is 2.92. The molecule has 0 aliphatic rings. The van der Waals surface area contributed by atoms with E-state index in [9.17, 15) is 4.79 Å². The highest BCUT2D eigenvalue weighted by atomic mass is 16.5. The number of hydrogen-bond donors (Lipinski definition) is 1. The van der Waals surface area contributed by atoms with Crippen LogP contribution in [0.15, 0.2) is 71.3 Å². The second kappa shape index (κ2) is 8.14. The SMILES string of the molecule is CC(C)c1ccc(OCC(=O)Nc2cccc(-c3nc4ncccc4o3)c2)cc1. The second-order valence-corrected chi connectivity index (χ2v) is 6.99.